The van der Waals surface area contributed by atoms with E-state index in [1.165, 1.54) is 42.6 Å². The Balaban J connectivity index is 2.14. The predicted octanol–water partition coefficient (Wildman–Crippen LogP) is 3.87. The molecule has 0 atom stereocenters. The maximum absolute atomic E-state index is 4.43. The average Bonchev–Trinajstić information content (AvgIpc) is 2.91. The van der Waals surface area contributed by atoms with Gasteiger partial charge in [-0.05, 0) is 49.6 Å². The van der Waals surface area contributed by atoms with Crippen molar-refractivity contribution >= 4 is 22.2 Å². The van der Waals surface area contributed by atoms with Crippen molar-refractivity contribution in [1.29, 1.82) is 0 Å². The van der Waals surface area contributed by atoms with Gasteiger partial charge in [0.2, 0.25) is 0 Å². The molecule has 0 N–H and O–H groups in total. The molecular formula is C16H18N2. The number of nitrogens with zero attached hydrogens (tertiary/aromatic N) is 2. The molecule has 2 nitrogen and oxygen atoms in total. The molecule has 0 radical (unpaired) electrons. The maximum atomic E-state index is 4.43. The normalized spacial score (nSPS) is 15.3. The monoisotopic (exact) mass is 238 g/mol. The third-order valence-corrected chi connectivity index (χ3v) is 3.66. The lowest BCUT2D eigenvalue weighted by Crippen LogP contribution is -2.17. The second-order valence-electron chi connectivity index (χ2n) is 5.03. The first-order chi connectivity index (χ1) is 8.75. The number of allylic oxidation sites excluding steroid dienone is 1. The van der Waals surface area contributed by atoms with Crippen molar-refractivity contribution in [3.63, 3.8) is 0 Å². The van der Waals surface area contributed by atoms with Crippen molar-refractivity contribution in [1.82, 2.24) is 4.98 Å². The molecule has 3 rings (SSSR count). The lowest BCUT2D eigenvalue weighted by molar-refractivity contribution is 0.949. The summed E-state index contributed by atoms with van der Waals surface area (Å²) in [5, 5.41) is 1.22. The van der Waals surface area contributed by atoms with Gasteiger partial charge in [0.1, 0.15) is 0 Å². The van der Waals surface area contributed by atoms with Crippen LogP contribution in [0.25, 0.3) is 16.5 Å². The zero-order chi connectivity index (χ0) is 12.5. The lowest BCUT2D eigenvalue weighted by atomic mass is 10.0. The Morgan fingerprint density at radius 1 is 1.22 bits per heavy atom. The molecule has 0 aliphatic carbocycles. The van der Waals surface area contributed by atoms with Gasteiger partial charge < -0.3 is 4.90 Å². The quantitative estimate of drug-likeness (QED) is 0.789. The van der Waals surface area contributed by atoms with Crippen molar-refractivity contribution in [3.8, 4) is 0 Å². The highest BCUT2D eigenvalue weighted by molar-refractivity contribution is 5.92. The maximum Gasteiger partial charge on any atom is 0.0709 e. The highest BCUT2D eigenvalue weighted by Gasteiger charge is 2.13. The number of aromatic nitrogens is 1. The molecule has 1 aromatic heterocycles. The van der Waals surface area contributed by atoms with Crippen LogP contribution in [0.5, 0.6) is 0 Å². The number of benzene rings is 1. The minimum absolute atomic E-state index is 1.05. The molecule has 2 aromatic rings. The van der Waals surface area contributed by atoms with Gasteiger partial charge in [-0.15, -0.1) is 0 Å². The Morgan fingerprint density at radius 3 is 2.72 bits per heavy atom. The van der Waals surface area contributed by atoms with Crippen LogP contribution in [0.2, 0.25) is 0 Å². The molecule has 1 saturated heterocycles. The number of rotatable bonds is 2. The standard InChI is InChI=1S/C16H18N2/c1-12(2)14-7-8-17-16-6-5-13(11-15(14)16)18-9-3-4-10-18/h5-8,11H,1,3-4,9-10H2,2H3. The first kappa shape index (κ1) is 11.3. The number of anilines is 1. The van der Waals surface area contributed by atoms with E-state index in [1.54, 1.807) is 0 Å². The van der Waals surface area contributed by atoms with Crippen LogP contribution in [0.15, 0.2) is 37.0 Å². The van der Waals surface area contributed by atoms with Crippen LogP contribution in [0.3, 0.4) is 0 Å². The van der Waals surface area contributed by atoms with Crippen molar-refractivity contribution in [2.45, 2.75) is 19.8 Å². The Labute approximate surface area is 108 Å². The second-order valence-corrected chi connectivity index (χ2v) is 5.03. The summed E-state index contributed by atoms with van der Waals surface area (Å²) in [4.78, 5) is 6.89. The molecule has 92 valence electrons. The fourth-order valence-electron chi connectivity index (χ4n) is 2.68. The molecule has 0 unspecified atom stereocenters. The highest BCUT2D eigenvalue weighted by atomic mass is 15.1. The molecule has 1 aromatic carbocycles. The second kappa shape index (κ2) is 4.45. The summed E-state index contributed by atoms with van der Waals surface area (Å²) < 4.78 is 0. The third-order valence-electron chi connectivity index (χ3n) is 3.66. The fraction of sp³-hybridized carbons (Fsp3) is 0.312. The zero-order valence-corrected chi connectivity index (χ0v) is 10.8. The average molecular weight is 238 g/mol. The van der Waals surface area contributed by atoms with Gasteiger partial charge in [-0.1, -0.05) is 12.2 Å². The Kier molecular flexibility index (Phi) is 2.78. The van der Waals surface area contributed by atoms with Gasteiger partial charge >= 0.3 is 0 Å². The third kappa shape index (κ3) is 1.88. The van der Waals surface area contributed by atoms with Gasteiger partial charge in [-0.2, -0.15) is 0 Å². The Bertz CT molecular complexity index is 595. The Hall–Kier alpha value is -1.83. The molecule has 2 heterocycles. The van der Waals surface area contributed by atoms with Crippen LogP contribution < -0.4 is 4.90 Å². The molecule has 1 aliphatic heterocycles. The summed E-state index contributed by atoms with van der Waals surface area (Å²) in [5.41, 5.74) is 4.68. The van der Waals surface area contributed by atoms with Crippen molar-refractivity contribution in [2.24, 2.45) is 0 Å². The van der Waals surface area contributed by atoms with Crippen LogP contribution in [-0.2, 0) is 0 Å². The van der Waals surface area contributed by atoms with Gasteiger partial charge in [0.25, 0.3) is 0 Å². The van der Waals surface area contributed by atoms with Gasteiger partial charge in [-0.25, -0.2) is 0 Å². The first-order valence-electron chi connectivity index (χ1n) is 6.55. The molecular weight excluding hydrogens is 220 g/mol. The molecule has 0 amide bonds. The number of pyridine rings is 1. The highest BCUT2D eigenvalue weighted by Crippen LogP contribution is 2.28. The fourth-order valence-corrected chi connectivity index (χ4v) is 2.68. The minimum atomic E-state index is 1.05. The minimum Gasteiger partial charge on any atom is -0.372 e. The molecule has 1 aliphatic rings. The SMILES string of the molecule is C=C(C)c1ccnc2ccc(N3CCCC3)cc12. The zero-order valence-electron chi connectivity index (χ0n) is 10.8. The van der Waals surface area contributed by atoms with Crippen molar-refractivity contribution in [3.05, 3.63) is 42.6 Å². The number of fused-ring (bicyclic) bond motifs is 1. The smallest absolute Gasteiger partial charge is 0.0709 e. The molecule has 0 spiro atoms. The summed E-state index contributed by atoms with van der Waals surface area (Å²) in [5.74, 6) is 0. The number of hydrogen-bond donors (Lipinski definition) is 0. The predicted molar refractivity (Wildman–Crippen MR) is 77.9 cm³/mol. The van der Waals surface area contributed by atoms with E-state index in [0.717, 1.165) is 11.1 Å². The lowest BCUT2D eigenvalue weighted by Gasteiger charge is -2.18. The molecule has 1 fully saturated rings. The largest absolute Gasteiger partial charge is 0.372 e. The van der Waals surface area contributed by atoms with Gasteiger partial charge in [0.15, 0.2) is 0 Å². The van der Waals surface area contributed by atoms with Crippen LogP contribution in [0, 0.1) is 0 Å². The molecule has 0 saturated carbocycles. The van der Waals surface area contributed by atoms with E-state index in [1.807, 2.05) is 6.20 Å². The molecule has 18 heavy (non-hydrogen) atoms. The number of hydrogen-bond acceptors (Lipinski definition) is 2. The van der Waals surface area contributed by atoms with E-state index in [4.69, 9.17) is 0 Å². The van der Waals surface area contributed by atoms with Gasteiger partial charge in [-0.3, -0.25) is 4.98 Å². The van der Waals surface area contributed by atoms with Gasteiger partial charge in [0, 0.05) is 30.4 Å². The van der Waals surface area contributed by atoms with Crippen LogP contribution in [0.1, 0.15) is 25.3 Å². The first-order valence-corrected chi connectivity index (χ1v) is 6.55. The van der Waals surface area contributed by atoms with Crippen LogP contribution in [-0.4, -0.2) is 18.1 Å². The van der Waals surface area contributed by atoms with E-state index < -0.39 is 0 Å². The van der Waals surface area contributed by atoms with E-state index in [0.29, 0.717) is 0 Å². The topological polar surface area (TPSA) is 16.1 Å². The van der Waals surface area contributed by atoms with Crippen molar-refractivity contribution in [2.75, 3.05) is 18.0 Å². The summed E-state index contributed by atoms with van der Waals surface area (Å²) >= 11 is 0. The summed E-state index contributed by atoms with van der Waals surface area (Å²) in [6.45, 7) is 8.46. The molecule has 0 bridgehead atoms. The van der Waals surface area contributed by atoms with Crippen LogP contribution in [0.4, 0.5) is 5.69 Å². The summed E-state index contributed by atoms with van der Waals surface area (Å²) in [7, 11) is 0. The van der Waals surface area contributed by atoms with E-state index in [-0.39, 0.29) is 0 Å². The van der Waals surface area contributed by atoms with Gasteiger partial charge in [0.05, 0.1) is 5.52 Å². The Morgan fingerprint density at radius 2 is 2.00 bits per heavy atom. The van der Waals surface area contributed by atoms with E-state index in [9.17, 15) is 0 Å². The van der Waals surface area contributed by atoms with Crippen LogP contribution >= 0.6 is 0 Å². The van der Waals surface area contributed by atoms with E-state index in [2.05, 4.69) is 47.7 Å². The summed E-state index contributed by atoms with van der Waals surface area (Å²) in [6.07, 6.45) is 4.47. The van der Waals surface area contributed by atoms with Crippen molar-refractivity contribution < 1.29 is 0 Å². The van der Waals surface area contributed by atoms with E-state index >= 15 is 0 Å². The molecule has 2 heteroatoms. The summed E-state index contributed by atoms with van der Waals surface area (Å²) in [6, 6.07) is 8.62.